The Morgan fingerprint density at radius 3 is 2.88 bits per heavy atom. The predicted octanol–water partition coefficient (Wildman–Crippen LogP) is 1.08. The van der Waals surface area contributed by atoms with Gasteiger partial charge in [0.1, 0.15) is 17.2 Å². The van der Waals surface area contributed by atoms with E-state index in [0.29, 0.717) is 17.4 Å². The second-order valence-corrected chi connectivity index (χ2v) is 4.15. The molecule has 0 fully saturated rings. The average Bonchev–Trinajstić information content (AvgIpc) is 2.68. The zero-order valence-electron chi connectivity index (χ0n) is 9.63. The van der Waals surface area contributed by atoms with E-state index in [0.717, 1.165) is 5.56 Å². The van der Waals surface area contributed by atoms with Crippen molar-refractivity contribution in [2.24, 2.45) is 7.05 Å². The van der Waals surface area contributed by atoms with Gasteiger partial charge in [0.2, 0.25) is 0 Å². The lowest BCUT2D eigenvalue weighted by molar-refractivity contribution is 0.766. The van der Waals surface area contributed by atoms with Crippen LogP contribution in [-0.2, 0) is 13.6 Å². The number of aryl methyl sites for hydroxylation is 1. The smallest absolute Gasteiger partial charge is 0.153 e. The molecule has 0 radical (unpaired) electrons. The summed E-state index contributed by atoms with van der Waals surface area (Å²) >= 11 is 6.05. The Hall–Kier alpha value is -1.82. The predicted molar refractivity (Wildman–Crippen MR) is 66.8 cm³/mol. The molecule has 2 rings (SSSR count). The summed E-state index contributed by atoms with van der Waals surface area (Å²) in [6.07, 6.45) is 5.14. The van der Waals surface area contributed by atoms with Crippen LogP contribution >= 0.6 is 11.6 Å². The van der Waals surface area contributed by atoms with Crippen LogP contribution in [0.4, 0.5) is 11.6 Å². The summed E-state index contributed by atoms with van der Waals surface area (Å²) in [5.74, 6) is 0.901. The van der Waals surface area contributed by atoms with Gasteiger partial charge in [0.15, 0.2) is 5.82 Å². The molecule has 2 heterocycles. The Kier molecular flexibility index (Phi) is 3.14. The number of hydrogen-bond acceptors (Lipinski definition) is 5. The molecule has 0 aliphatic carbocycles. The van der Waals surface area contributed by atoms with E-state index in [1.165, 1.54) is 6.33 Å². The molecule has 90 valence electrons. The van der Waals surface area contributed by atoms with Gasteiger partial charge in [-0.1, -0.05) is 11.6 Å². The third kappa shape index (κ3) is 2.47. The molecule has 0 bridgehead atoms. The molecule has 0 atom stereocenters. The second kappa shape index (κ2) is 4.58. The van der Waals surface area contributed by atoms with Gasteiger partial charge >= 0.3 is 0 Å². The minimum Gasteiger partial charge on any atom is -0.382 e. The number of nitrogen functional groups attached to an aromatic ring is 1. The fraction of sp³-hybridized carbons (Fsp3) is 0.300. The molecular formula is C10H13ClN6. The zero-order valence-corrected chi connectivity index (χ0v) is 10.4. The van der Waals surface area contributed by atoms with E-state index in [9.17, 15) is 0 Å². The molecule has 6 nitrogen and oxygen atoms in total. The van der Waals surface area contributed by atoms with Crippen molar-refractivity contribution in [2.45, 2.75) is 6.54 Å². The van der Waals surface area contributed by atoms with Crippen LogP contribution in [0.5, 0.6) is 0 Å². The molecule has 0 aliphatic heterocycles. The van der Waals surface area contributed by atoms with Crippen molar-refractivity contribution in [3.63, 3.8) is 0 Å². The monoisotopic (exact) mass is 252 g/mol. The highest BCUT2D eigenvalue weighted by atomic mass is 35.5. The molecule has 0 aliphatic rings. The highest BCUT2D eigenvalue weighted by molar-refractivity contribution is 6.35. The Labute approximate surface area is 104 Å². The van der Waals surface area contributed by atoms with Crippen LogP contribution in [0.1, 0.15) is 5.56 Å². The van der Waals surface area contributed by atoms with E-state index in [1.54, 1.807) is 10.9 Å². The number of rotatable bonds is 3. The molecule has 2 N–H and O–H groups in total. The summed E-state index contributed by atoms with van der Waals surface area (Å²) in [7, 11) is 3.76. The highest BCUT2D eigenvalue weighted by Crippen LogP contribution is 2.26. The third-order valence-corrected chi connectivity index (χ3v) is 2.70. The Morgan fingerprint density at radius 2 is 2.24 bits per heavy atom. The number of nitrogens with two attached hydrogens (primary N) is 1. The third-order valence-electron chi connectivity index (χ3n) is 2.34. The second-order valence-electron chi connectivity index (χ2n) is 3.77. The highest BCUT2D eigenvalue weighted by Gasteiger charge is 2.11. The van der Waals surface area contributed by atoms with Crippen molar-refractivity contribution < 1.29 is 0 Å². The SMILES string of the molecule is CN(Cc1cnn(C)c1)c1ncnc(N)c1Cl. The van der Waals surface area contributed by atoms with Gasteiger partial charge in [-0.15, -0.1) is 0 Å². The topological polar surface area (TPSA) is 72.9 Å². The molecule has 0 saturated carbocycles. The van der Waals surface area contributed by atoms with Crippen LogP contribution in [0.3, 0.4) is 0 Å². The minimum atomic E-state index is 0.287. The summed E-state index contributed by atoms with van der Waals surface area (Å²) in [4.78, 5) is 9.84. The zero-order chi connectivity index (χ0) is 12.4. The first-order valence-electron chi connectivity index (χ1n) is 5.02. The number of anilines is 2. The van der Waals surface area contributed by atoms with Gasteiger partial charge in [0.25, 0.3) is 0 Å². The molecule has 2 aromatic rings. The fourth-order valence-electron chi connectivity index (χ4n) is 1.54. The average molecular weight is 253 g/mol. The van der Waals surface area contributed by atoms with Gasteiger partial charge in [-0.2, -0.15) is 5.10 Å². The number of aromatic nitrogens is 4. The van der Waals surface area contributed by atoms with Crippen LogP contribution in [-0.4, -0.2) is 26.8 Å². The normalized spacial score (nSPS) is 10.5. The maximum atomic E-state index is 6.05. The molecule has 0 spiro atoms. The lowest BCUT2D eigenvalue weighted by Crippen LogP contribution is -2.18. The maximum absolute atomic E-state index is 6.05. The molecule has 17 heavy (non-hydrogen) atoms. The first-order valence-corrected chi connectivity index (χ1v) is 5.40. The number of nitrogens with zero attached hydrogens (tertiary/aromatic N) is 5. The van der Waals surface area contributed by atoms with Crippen molar-refractivity contribution in [1.29, 1.82) is 0 Å². The Morgan fingerprint density at radius 1 is 1.47 bits per heavy atom. The van der Waals surface area contributed by atoms with E-state index in [-0.39, 0.29) is 5.82 Å². The van der Waals surface area contributed by atoms with Crippen LogP contribution in [0.15, 0.2) is 18.7 Å². The molecule has 0 unspecified atom stereocenters. The standard InChI is InChI=1S/C10H13ClN6/c1-16(4-7-3-15-17(2)5-7)10-8(11)9(12)13-6-14-10/h3,5-6H,4H2,1-2H3,(H2,12,13,14). The van der Waals surface area contributed by atoms with Crippen molar-refractivity contribution in [3.8, 4) is 0 Å². The summed E-state index contributed by atoms with van der Waals surface area (Å²) in [5.41, 5.74) is 6.70. The van der Waals surface area contributed by atoms with Crippen molar-refractivity contribution in [2.75, 3.05) is 17.7 Å². The minimum absolute atomic E-state index is 0.287. The van der Waals surface area contributed by atoms with Crippen molar-refractivity contribution in [1.82, 2.24) is 19.7 Å². The molecular weight excluding hydrogens is 240 g/mol. The Balaban J connectivity index is 2.20. The number of hydrogen-bond donors (Lipinski definition) is 1. The van der Waals surface area contributed by atoms with Crippen molar-refractivity contribution >= 4 is 23.2 Å². The maximum Gasteiger partial charge on any atom is 0.153 e. The largest absolute Gasteiger partial charge is 0.382 e. The van der Waals surface area contributed by atoms with Gasteiger partial charge < -0.3 is 10.6 Å². The summed E-state index contributed by atoms with van der Waals surface area (Å²) in [5, 5.41) is 4.48. The molecule has 2 aromatic heterocycles. The summed E-state index contributed by atoms with van der Waals surface area (Å²) in [6, 6.07) is 0. The lowest BCUT2D eigenvalue weighted by atomic mass is 10.3. The van der Waals surface area contributed by atoms with Gasteiger partial charge in [-0.3, -0.25) is 4.68 Å². The van der Waals surface area contributed by atoms with E-state index >= 15 is 0 Å². The van der Waals surface area contributed by atoms with Gasteiger partial charge in [0, 0.05) is 32.4 Å². The summed E-state index contributed by atoms with van der Waals surface area (Å²) in [6.45, 7) is 0.657. The fourth-order valence-corrected chi connectivity index (χ4v) is 1.78. The van der Waals surface area contributed by atoms with E-state index in [2.05, 4.69) is 15.1 Å². The van der Waals surface area contributed by atoms with Crippen LogP contribution in [0.2, 0.25) is 5.02 Å². The van der Waals surface area contributed by atoms with E-state index < -0.39 is 0 Å². The Bertz CT molecular complexity index is 523. The van der Waals surface area contributed by atoms with Gasteiger partial charge in [-0.05, 0) is 0 Å². The van der Waals surface area contributed by atoms with E-state index in [4.69, 9.17) is 17.3 Å². The first kappa shape index (κ1) is 11.7. The number of halogens is 1. The van der Waals surface area contributed by atoms with Crippen molar-refractivity contribution in [3.05, 3.63) is 29.3 Å². The first-order chi connectivity index (χ1) is 8.08. The molecule has 0 amide bonds. The quantitative estimate of drug-likeness (QED) is 0.885. The summed E-state index contributed by atoms with van der Waals surface area (Å²) < 4.78 is 1.75. The molecule has 0 saturated heterocycles. The van der Waals surface area contributed by atoms with Gasteiger partial charge in [-0.25, -0.2) is 9.97 Å². The molecule has 0 aromatic carbocycles. The van der Waals surface area contributed by atoms with Crippen LogP contribution in [0.25, 0.3) is 0 Å². The van der Waals surface area contributed by atoms with E-state index in [1.807, 2.05) is 25.2 Å². The lowest BCUT2D eigenvalue weighted by Gasteiger charge is -2.18. The van der Waals surface area contributed by atoms with Gasteiger partial charge in [0.05, 0.1) is 6.20 Å². The van der Waals surface area contributed by atoms with Crippen LogP contribution < -0.4 is 10.6 Å². The van der Waals surface area contributed by atoms with Crippen LogP contribution in [0, 0.1) is 0 Å². The molecule has 7 heteroatoms.